The summed E-state index contributed by atoms with van der Waals surface area (Å²) < 4.78 is 3.46. The van der Waals surface area contributed by atoms with Crippen molar-refractivity contribution in [3.63, 3.8) is 0 Å². The monoisotopic (exact) mass is 247 g/mol. The number of rotatable bonds is 4. The minimum atomic E-state index is -0.0413. The first-order valence-electron chi connectivity index (χ1n) is 5.86. The lowest BCUT2D eigenvalue weighted by atomic mass is 10.3. The summed E-state index contributed by atoms with van der Waals surface area (Å²) in [5, 5.41) is 8.35. The molecule has 2 aromatic heterocycles. The molecule has 0 aliphatic carbocycles. The molecule has 0 aliphatic heterocycles. The Morgan fingerprint density at radius 1 is 1.50 bits per heavy atom. The molecule has 0 spiro atoms. The zero-order chi connectivity index (χ0) is 13.1. The first-order valence-corrected chi connectivity index (χ1v) is 5.86. The molecule has 1 amide bonds. The van der Waals surface area contributed by atoms with Crippen molar-refractivity contribution in [3.05, 3.63) is 35.9 Å². The van der Waals surface area contributed by atoms with Gasteiger partial charge < -0.3 is 4.90 Å². The molecule has 2 rings (SSSR count). The van der Waals surface area contributed by atoms with Gasteiger partial charge in [0.05, 0.1) is 24.0 Å². The van der Waals surface area contributed by atoms with Crippen LogP contribution in [0.25, 0.3) is 0 Å². The van der Waals surface area contributed by atoms with Gasteiger partial charge in [-0.3, -0.25) is 14.2 Å². The fourth-order valence-electron chi connectivity index (χ4n) is 1.73. The summed E-state index contributed by atoms with van der Waals surface area (Å²) in [4.78, 5) is 13.8. The van der Waals surface area contributed by atoms with Gasteiger partial charge in [-0.1, -0.05) is 0 Å². The summed E-state index contributed by atoms with van der Waals surface area (Å²) in [7, 11) is 3.62. The minimum absolute atomic E-state index is 0.0413. The first-order chi connectivity index (χ1) is 8.60. The topological polar surface area (TPSA) is 56.0 Å². The predicted octanol–water partition coefficient (Wildman–Crippen LogP) is 0.909. The zero-order valence-electron chi connectivity index (χ0n) is 10.9. The number of aromatic nitrogens is 4. The van der Waals surface area contributed by atoms with E-state index in [1.54, 1.807) is 33.7 Å². The number of hydrogen-bond donors (Lipinski definition) is 0. The van der Waals surface area contributed by atoms with E-state index in [-0.39, 0.29) is 5.91 Å². The highest BCUT2D eigenvalue weighted by molar-refractivity contribution is 5.93. The summed E-state index contributed by atoms with van der Waals surface area (Å²) in [5.41, 5.74) is 1.48. The van der Waals surface area contributed by atoms with Gasteiger partial charge in [0.2, 0.25) is 0 Å². The molecule has 96 valence electrons. The minimum Gasteiger partial charge on any atom is -0.336 e. The lowest BCUT2D eigenvalue weighted by Gasteiger charge is -2.14. The van der Waals surface area contributed by atoms with E-state index in [2.05, 4.69) is 10.2 Å². The molecular weight excluding hydrogens is 230 g/mol. The van der Waals surface area contributed by atoms with Crippen molar-refractivity contribution in [2.45, 2.75) is 20.0 Å². The van der Waals surface area contributed by atoms with Gasteiger partial charge in [-0.05, 0) is 13.0 Å². The average Bonchev–Trinajstić information content (AvgIpc) is 2.97. The fourth-order valence-corrected chi connectivity index (χ4v) is 1.73. The molecule has 0 radical (unpaired) electrons. The quantitative estimate of drug-likeness (QED) is 0.807. The summed E-state index contributed by atoms with van der Waals surface area (Å²) in [6.45, 7) is 3.24. The maximum atomic E-state index is 12.1. The van der Waals surface area contributed by atoms with Crippen LogP contribution in [0.15, 0.2) is 24.7 Å². The highest BCUT2D eigenvalue weighted by atomic mass is 16.2. The van der Waals surface area contributed by atoms with Gasteiger partial charge in [0.25, 0.3) is 5.91 Å². The Labute approximate surface area is 106 Å². The number of nitrogens with zero attached hydrogens (tertiary/aromatic N) is 5. The van der Waals surface area contributed by atoms with E-state index in [9.17, 15) is 4.79 Å². The Balaban J connectivity index is 2.04. The molecule has 6 nitrogen and oxygen atoms in total. The van der Waals surface area contributed by atoms with Gasteiger partial charge in [-0.2, -0.15) is 10.2 Å². The largest absolute Gasteiger partial charge is 0.336 e. The van der Waals surface area contributed by atoms with Crippen LogP contribution in [0.2, 0.25) is 0 Å². The van der Waals surface area contributed by atoms with Gasteiger partial charge >= 0.3 is 0 Å². The molecule has 18 heavy (non-hydrogen) atoms. The van der Waals surface area contributed by atoms with Gasteiger partial charge in [-0.15, -0.1) is 0 Å². The third kappa shape index (κ3) is 2.58. The molecule has 0 saturated heterocycles. The van der Waals surface area contributed by atoms with E-state index in [4.69, 9.17) is 0 Å². The Kier molecular flexibility index (Phi) is 3.45. The zero-order valence-corrected chi connectivity index (χ0v) is 10.9. The van der Waals surface area contributed by atoms with E-state index in [1.165, 1.54) is 0 Å². The third-order valence-corrected chi connectivity index (χ3v) is 2.72. The van der Waals surface area contributed by atoms with Gasteiger partial charge in [0, 0.05) is 33.0 Å². The number of aryl methyl sites for hydroxylation is 2. The molecular formula is C12H17N5O. The number of carbonyl (C=O) groups excluding carboxylic acids is 1. The maximum Gasteiger partial charge on any atom is 0.257 e. The maximum absolute atomic E-state index is 12.1. The van der Waals surface area contributed by atoms with Crippen LogP contribution in [0.1, 0.15) is 23.0 Å². The van der Waals surface area contributed by atoms with Gasteiger partial charge in [0.1, 0.15) is 0 Å². The standard InChI is InChI=1S/C12H17N5O/c1-4-17-8-10(7-13-17)12(18)15(2)9-11-5-6-16(3)14-11/h5-8H,4,9H2,1-3H3. The predicted molar refractivity (Wildman–Crippen MR) is 66.9 cm³/mol. The van der Waals surface area contributed by atoms with Crippen LogP contribution in [0.5, 0.6) is 0 Å². The normalized spacial score (nSPS) is 10.6. The number of carbonyl (C=O) groups is 1. The number of amides is 1. The lowest BCUT2D eigenvalue weighted by Crippen LogP contribution is -2.26. The second kappa shape index (κ2) is 5.03. The summed E-state index contributed by atoms with van der Waals surface area (Å²) in [5.74, 6) is -0.0413. The summed E-state index contributed by atoms with van der Waals surface area (Å²) in [6.07, 6.45) is 5.22. The molecule has 0 fully saturated rings. The Hall–Kier alpha value is -2.11. The molecule has 0 bridgehead atoms. The van der Waals surface area contributed by atoms with Crippen molar-refractivity contribution in [1.29, 1.82) is 0 Å². The van der Waals surface area contributed by atoms with E-state index in [0.29, 0.717) is 12.1 Å². The SMILES string of the molecule is CCn1cc(C(=O)N(C)Cc2ccn(C)n2)cn1. The molecule has 0 N–H and O–H groups in total. The van der Waals surface area contributed by atoms with Crippen molar-refractivity contribution in [2.24, 2.45) is 7.05 Å². The van der Waals surface area contributed by atoms with Crippen LogP contribution >= 0.6 is 0 Å². The molecule has 2 aromatic rings. The molecule has 0 atom stereocenters. The first kappa shape index (κ1) is 12.3. The lowest BCUT2D eigenvalue weighted by molar-refractivity contribution is 0.0783. The van der Waals surface area contributed by atoms with Crippen LogP contribution < -0.4 is 0 Å². The van der Waals surface area contributed by atoms with Crippen LogP contribution in [-0.2, 0) is 20.1 Å². The van der Waals surface area contributed by atoms with E-state index < -0.39 is 0 Å². The van der Waals surface area contributed by atoms with Crippen LogP contribution in [0.3, 0.4) is 0 Å². The fraction of sp³-hybridized carbons (Fsp3) is 0.417. The summed E-state index contributed by atoms with van der Waals surface area (Å²) >= 11 is 0. The molecule has 6 heteroatoms. The van der Waals surface area contributed by atoms with E-state index >= 15 is 0 Å². The van der Waals surface area contributed by atoms with Crippen molar-refractivity contribution < 1.29 is 4.79 Å². The molecule has 2 heterocycles. The Bertz CT molecular complexity index is 542. The molecule has 0 saturated carbocycles. The average molecular weight is 247 g/mol. The molecule has 0 aromatic carbocycles. The number of hydrogen-bond acceptors (Lipinski definition) is 3. The molecule has 0 aliphatic rings. The Morgan fingerprint density at radius 2 is 2.28 bits per heavy atom. The van der Waals surface area contributed by atoms with Crippen molar-refractivity contribution in [3.8, 4) is 0 Å². The van der Waals surface area contributed by atoms with E-state index in [0.717, 1.165) is 12.2 Å². The van der Waals surface area contributed by atoms with Gasteiger partial charge in [-0.25, -0.2) is 0 Å². The summed E-state index contributed by atoms with van der Waals surface area (Å²) in [6, 6.07) is 1.90. The van der Waals surface area contributed by atoms with Gasteiger partial charge in [0.15, 0.2) is 0 Å². The van der Waals surface area contributed by atoms with Crippen LogP contribution in [0.4, 0.5) is 0 Å². The highest BCUT2D eigenvalue weighted by Crippen LogP contribution is 2.06. The van der Waals surface area contributed by atoms with E-state index in [1.807, 2.05) is 26.2 Å². The Morgan fingerprint density at radius 3 is 2.83 bits per heavy atom. The second-order valence-corrected chi connectivity index (χ2v) is 4.23. The van der Waals surface area contributed by atoms with Crippen LogP contribution in [0, 0.1) is 0 Å². The van der Waals surface area contributed by atoms with Crippen molar-refractivity contribution in [1.82, 2.24) is 24.5 Å². The van der Waals surface area contributed by atoms with Crippen LogP contribution in [-0.4, -0.2) is 37.4 Å². The third-order valence-electron chi connectivity index (χ3n) is 2.72. The van der Waals surface area contributed by atoms with Crippen molar-refractivity contribution >= 4 is 5.91 Å². The molecule has 0 unspecified atom stereocenters. The second-order valence-electron chi connectivity index (χ2n) is 4.23. The smallest absolute Gasteiger partial charge is 0.257 e. The highest BCUT2D eigenvalue weighted by Gasteiger charge is 2.14. The van der Waals surface area contributed by atoms with Crippen molar-refractivity contribution in [2.75, 3.05) is 7.05 Å².